The van der Waals surface area contributed by atoms with E-state index in [1.54, 1.807) is 18.2 Å². The van der Waals surface area contributed by atoms with Gasteiger partial charge in [0.1, 0.15) is 11.9 Å². The van der Waals surface area contributed by atoms with E-state index in [4.69, 9.17) is 16.3 Å². The van der Waals surface area contributed by atoms with Crippen LogP contribution in [0.3, 0.4) is 0 Å². The van der Waals surface area contributed by atoms with E-state index in [1.807, 2.05) is 0 Å². The molecule has 1 aromatic carbocycles. The van der Waals surface area contributed by atoms with Crippen LogP contribution in [-0.4, -0.2) is 55.5 Å². The van der Waals surface area contributed by atoms with Gasteiger partial charge in [-0.05, 0) is 36.5 Å². The summed E-state index contributed by atoms with van der Waals surface area (Å²) in [6.07, 6.45) is 2.08. The number of carbonyl (C=O) groups excluding carboxylic acids is 2. The number of hydrogen-bond acceptors (Lipinski definition) is 4. The number of rotatable bonds is 7. The van der Waals surface area contributed by atoms with E-state index in [1.165, 1.54) is 6.92 Å². The number of nitrogens with one attached hydrogen (secondary N) is 2. The fraction of sp³-hybridized carbons (Fsp3) is 0.619. The maximum absolute atomic E-state index is 12.2. The van der Waals surface area contributed by atoms with Gasteiger partial charge in [0, 0.05) is 45.2 Å². The molecule has 0 aromatic heterocycles. The van der Waals surface area contributed by atoms with Crippen LogP contribution in [0.5, 0.6) is 5.75 Å². The average Bonchev–Trinajstić information content (AvgIpc) is 2.60. The number of amides is 2. The number of piperidine rings is 1. The molecule has 28 heavy (non-hydrogen) atoms. The monoisotopic (exact) mass is 409 g/mol. The fourth-order valence-electron chi connectivity index (χ4n) is 3.29. The molecule has 1 heterocycles. The average molecular weight is 410 g/mol. The fourth-order valence-corrected chi connectivity index (χ4v) is 3.51. The Kier molecular flexibility index (Phi) is 8.13. The topological polar surface area (TPSA) is 70.7 Å². The van der Waals surface area contributed by atoms with Crippen molar-refractivity contribution in [2.75, 3.05) is 32.7 Å². The van der Waals surface area contributed by atoms with Gasteiger partial charge in [-0.1, -0.05) is 32.4 Å². The van der Waals surface area contributed by atoms with Crippen LogP contribution >= 0.6 is 11.6 Å². The summed E-state index contributed by atoms with van der Waals surface area (Å²) in [5, 5.41) is 5.81. The van der Waals surface area contributed by atoms with E-state index in [0.717, 1.165) is 32.5 Å². The third-order valence-corrected chi connectivity index (χ3v) is 4.80. The predicted molar refractivity (Wildman–Crippen MR) is 112 cm³/mol. The SMILES string of the molecule is CC(=O)NCCNC(=O)c1ccc(OC2CCN(CC(C)(C)C)CC2)c(Cl)c1. The molecule has 0 unspecified atom stereocenters. The highest BCUT2D eigenvalue weighted by molar-refractivity contribution is 6.32. The van der Waals surface area contributed by atoms with Crippen LogP contribution in [-0.2, 0) is 4.79 Å². The lowest BCUT2D eigenvalue weighted by Gasteiger charge is -2.36. The third kappa shape index (κ3) is 7.68. The maximum atomic E-state index is 12.2. The molecule has 6 nitrogen and oxygen atoms in total. The first-order valence-corrected chi connectivity index (χ1v) is 10.2. The molecule has 1 fully saturated rings. The van der Waals surface area contributed by atoms with Crippen LogP contribution in [0.4, 0.5) is 0 Å². The first-order valence-electron chi connectivity index (χ1n) is 9.85. The van der Waals surface area contributed by atoms with Gasteiger partial charge < -0.3 is 20.3 Å². The van der Waals surface area contributed by atoms with Gasteiger partial charge in [-0.3, -0.25) is 9.59 Å². The standard InChI is InChI=1S/C21H32ClN3O3/c1-15(26)23-9-10-24-20(27)16-5-6-19(18(22)13-16)28-17-7-11-25(12-8-17)14-21(2,3)4/h5-6,13,17H,7-12,14H2,1-4H3,(H,23,26)(H,24,27). The Morgan fingerprint density at radius 3 is 2.39 bits per heavy atom. The van der Waals surface area contributed by atoms with E-state index in [2.05, 4.69) is 36.3 Å². The lowest BCUT2D eigenvalue weighted by molar-refractivity contribution is -0.118. The number of carbonyl (C=O) groups is 2. The molecule has 2 amide bonds. The van der Waals surface area contributed by atoms with Crippen molar-refractivity contribution >= 4 is 23.4 Å². The van der Waals surface area contributed by atoms with Gasteiger partial charge in [0.15, 0.2) is 0 Å². The summed E-state index contributed by atoms with van der Waals surface area (Å²) in [7, 11) is 0. The zero-order valence-electron chi connectivity index (χ0n) is 17.3. The number of likely N-dealkylation sites (tertiary alicyclic amines) is 1. The minimum Gasteiger partial charge on any atom is -0.489 e. The lowest BCUT2D eigenvalue weighted by Crippen LogP contribution is -2.42. The Balaban J connectivity index is 1.82. The molecule has 0 atom stereocenters. The van der Waals surface area contributed by atoms with E-state index in [-0.39, 0.29) is 17.9 Å². The number of ether oxygens (including phenoxy) is 1. The molecule has 1 aromatic rings. The molecule has 7 heteroatoms. The Hall–Kier alpha value is -1.79. The normalized spacial score (nSPS) is 15.9. The Bertz CT molecular complexity index is 680. The summed E-state index contributed by atoms with van der Waals surface area (Å²) < 4.78 is 6.09. The van der Waals surface area contributed by atoms with E-state index >= 15 is 0 Å². The van der Waals surface area contributed by atoms with Crippen LogP contribution in [0.1, 0.15) is 50.9 Å². The molecule has 0 spiro atoms. The second-order valence-corrected chi connectivity index (χ2v) is 8.95. The summed E-state index contributed by atoms with van der Waals surface area (Å²) in [5.74, 6) is 0.267. The van der Waals surface area contributed by atoms with Gasteiger partial charge in [0.2, 0.25) is 5.91 Å². The molecular weight excluding hydrogens is 378 g/mol. The molecule has 1 aliphatic rings. The maximum Gasteiger partial charge on any atom is 0.251 e. The molecular formula is C21H32ClN3O3. The van der Waals surface area contributed by atoms with Crippen molar-refractivity contribution in [3.8, 4) is 5.75 Å². The Labute approximate surface area is 172 Å². The van der Waals surface area contributed by atoms with Crippen molar-refractivity contribution in [1.29, 1.82) is 0 Å². The van der Waals surface area contributed by atoms with E-state index in [0.29, 0.717) is 34.8 Å². The van der Waals surface area contributed by atoms with Crippen molar-refractivity contribution in [1.82, 2.24) is 15.5 Å². The van der Waals surface area contributed by atoms with Crippen LogP contribution < -0.4 is 15.4 Å². The van der Waals surface area contributed by atoms with Crippen LogP contribution in [0.25, 0.3) is 0 Å². The summed E-state index contributed by atoms with van der Waals surface area (Å²) in [6.45, 7) is 12.1. The zero-order chi connectivity index (χ0) is 20.7. The van der Waals surface area contributed by atoms with Crippen molar-refractivity contribution in [2.24, 2.45) is 5.41 Å². The first-order chi connectivity index (χ1) is 13.1. The molecule has 0 bridgehead atoms. The van der Waals surface area contributed by atoms with Crippen LogP contribution in [0, 0.1) is 5.41 Å². The largest absolute Gasteiger partial charge is 0.489 e. The smallest absolute Gasteiger partial charge is 0.251 e. The minimum atomic E-state index is -0.228. The highest BCUT2D eigenvalue weighted by Crippen LogP contribution is 2.29. The van der Waals surface area contributed by atoms with Crippen LogP contribution in [0.2, 0.25) is 5.02 Å². The predicted octanol–water partition coefficient (Wildman–Crippen LogP) is 3.10. The number of halogens is 1. The summed E-state index contributed by atoms with van der Waals surface area (Å²) in [5.41, 5.74) is 0.774. The summed E-state index contributed by atoms with van der Waals surface area (Å²) >= 11 is 6.34. The Morgan fingerprint density at radius 1 is 1.18 bits per heavy atom. The van der Waals surface area contributed by atoms with E-state index < -0.39 is 0 Å². The molecule has 1 saturated heterocycles. The molecule has 156 valence electrons. The Morgan fingerprint density at radius 2 is 1.82 bits per heavy atom. The summed E-state index contributed by atoms with van der Waals surface area (Å²) in [4.78, 5) is 25.5. The van der Waals surface area contributed by atoms with E-state index in [9.17, 15) is 9.59 Å². The van der Waals surface area contributed by atoms with Gasteiger partial charge in [-0.15, -0.1) is 0 Å². The lowest BCUT2D eigenvalue weighted by atomic mass is 9.94. The van der Waals surface area contributed by atoms with Gasteiger partial charge in [0.25, 0.3) is 5.91 Å². The quantitative estimate of drug-likeness (QED) is 0.679. The first kappa shape index (κ1) is 22.5. The van der Waals surface area contributed by atoms with Gasteiger partial charge in [-0.25, -0.2) is 0 Å². The van der Waals surface area contributed by atoms with Crippen LogP contribution in [0.15, 0.2) is 18.2 Å². The van der Waals surface area contributed by atoms with Crippen molar-refractivity contribution < 1.29 is 14.3 Å². The summed E-state index contributed by atoms with van der Waals surface area (Å²) in [6, 6.07) is 5.09. The number of nitrogens with zero attached hydrogens (tertiary/aromatic N) is 1. The second kappa shape index (κ2) is 10.1. The molecule has 0 radical (unpaired) electrons. The number of hydrogen-bond donors (Lipinski definition) is 2. The molecule has 1 aliphatic heterocycles. The molecule has 0 saturated carbocycles. The van der Waals surface area contributed by atoms with Crippen molar-refractivity contribution in [2.45, 2.75) is 46.6 Å². The second-order valence-electron chi connectivity index (χ2n) is 8.54. The molecule has 2 N–H and O–H groups in total. The highest BCUT2D eigenvalue weighted by atomic mass is 35.5. The number of benzene rings is 1. The molecule has 0 aliphatic carbocycles. The third-order valence-electron chi connectivity index (χ3n) is 4.50. The molecule has 2 rings (SSSR count). The van der Waals surface area contributed by atoms with Crippen molar-refractivity contribution in [3.63, 3.8) is 0 Å². The van der Waals surface area contributed by atoms with Crippen molar-refractivity contribution in [3.05, 3.63) is 28.8 Å². The van der Waals surface area contributed by atoms with Gasteiger partial charge in [-0.2, -0.15) is 0 Å². The highest BCUT2D eigenvalue weighted by Gasteiger charge is 2.24. The minimum absolute atomic E-state index is 0.122. The zero-order valence-corrected chi connectivity index (χ0v) is 18.1. The van der Waals surface area contributed by atoms with Gasteiger partial charge in [0.05, 0.1) is 5.02 Å². The van der Waals surface area contributed by atoms with Gasteiger partial charge >= 0.3 is 0 Å².